The highest BCUT2D eigenvalue weighted by Gasteiger charge is 2.06. The number of aromatic nitrogens is 2. The van der Waals surface area contributed by atoms with E-state index in [0.717, 1.165) is 17.0 Å². The van der Waals surface area contributed by atoms with Crippen LogP contribution in [0.2, 0.25) is 0 Å². The lowest BCUT2D eigenvalue weighted by molar-refractivity contribution is 0.246. The quantitative estimate of drug-likeness (QED) is 0.569. The first-order valence-corrected chi connectivity index (χ1v) is 8.98. The Balaban J connectivity index is 1.44. The average molecular weight is 394 g/mol. The Kier molecular flexibility index (Phi) is 6.83. The smallest absolute Gasteiger partial charge is 0.319 e. The van der Waals surface area contributed by atoms with Gasteiger partial charge in [0.2, 0.25) is 5.88 Å². The second kappa shape index (κ2) is 9.93. The van der Waals surface area contributed by atoms with Gasteiger partial charge in [0.15, 0.2) is 0 Å². The molecule has 8 nitrogen and oxygen atoms in total. The van der Waals surface area contributed by atoms with Gasteiger partial charge in [-0.1, -0.05) is 12.1 Å². The lowest BCUT2D eigenvalue weighted by atomic mass is 10.1. The standard InChI is InChI=1S/C21H22N4O4/c1-27-16-9-7-15(8-10-16)17-11-12-20(25-24-17)29-14-13-22-21(26)23-18-5-3-4-6-19(18)28-2/h3-12H,13-14H2,1-2H3,(H2,22,23,26). The molecule has 0 aliphatic rings. The number of rotatable bonds is 8. The van der Waals surface area contributed by atoms with E-state index in [2.05, 4.69) is 20.8 Å². The first-order chi connectivity index (χ1) is 14.2. The van der Waals surface area contributed by atoms with Gasteiger partial charge >= 0.3 is 6.03 Å². The fourth-order valence-electron chi connectivity index (χ4n) is 2.55. The molecule has 0 saturated heterocycles. The van der Waals surface area contributed by atoms with E-state index in [1.165, 1.54) is 0 Å². The molecule has 8 heteroatoms. The highest BCUT2D eigenvalue weighted by Crippen LogP contribution is 2.23. The molecule has 3 rings (SSSR count). The molecule has 0 unspecified atom stereocenters. The summed E-state index contributed by atoms with van der Waals surface area (Å²) in [7, 11) is 3.17. The molecule has 0 fully saturated rings. The van der Waals surface area contributed by atoms with Crippen molar-refractivity contribution < 1.29 is 19.0 Å². The Labute approximate surface area is 168 Å². The van der Waals surface area contributed by atoms with E-state index >= 15 is 0 Å². The fraction of sp³-hybridized carbons (Fsp3) is 0.190. The van der Waals surface area contributed by atoms with Gasteiger partial charge in [-0.15, -0.1) is 10.2 Å². The van der Waals surface area contributed by atoms with Gasteiger partial charge < -0.3 is 24.8 Å². The summed E-state index contributed by atoms with van der Waals surface area (Å²) in [6, 6.07) is 17.9. The molecule has 2 N–H and O–H groups in total. The Bertz CT molecular complexity index is 930. The largest absolute Gasteiger partial charge is 0.497 e. The molecule has 0 radical (unpaired) electrons. The zero-order valence-corrected chi connectivity index (χ0v) is 16.2. The van der Waals surface area contributed by atoms with Crippen LogP contribution in [0.25, 0.3) is 11.3 Å². The molecule has 0 bridgehead atoms. The predicted molar refractivity (Wildman–Crippen MR) is 110 cm³/mol. The van der Waals surface area contributed by atoms with E-state index in [9.17, 15) is 4.79 Å². The van der Waals surface area contributed by atoms with Crippen LogP contribution < -0.4 is 24.8 Å². The highest BCUT2D eigenvalue weighted by molar-refractivity contribution is 5.90. The third-order valence-electron chi connectivity index (χ3n) is 4.02. The number of carbonyl (C=O) groups excluding carboxylic acids is 1. The summed E-state index contributed by atoms with van der Waals surface area (Å²) in [4.78, 5) is 12.0. The molecule has 0 atom stereocenters. The second-order valence-electron chi connectivity index (χ2n) is 5.91. The Morgan fingerprint density at radius 3 is 2.41 bits per heavy atom. The summed E-state index contributed by atoms with van der Waals surface area (Å²) in [6.07, 6.45) is 0. The lowest BCUT2D eigenvalue weighted by Crippen LogP contribution is -2.32. The molecule has 29 heavy (non-hydrogen) atoms. The van der Waals surface area contributed by atoms with Gasteiger partial charge in [0.1, 0.15) is 18.1 Å². The fourth-order valence-corrected chi connectivity index (χ4v) is 2.55. The molecular formula is C21H22N4O4. The van der Waals surface area contributed by atoms with E-state index in [0.29, 0.717) is 23.9 Å². The van der Waals surface area contributed by atoms with Crippen LogP contribution in [-0.4, -0.2) is 43.6 Å². The molecule has 0 saturated carbocycles. The maximum Gasteiger partial charge on any atom is 0.319 e. The van der Waals surface area contributed by atoms with Crippen LogP contribution in [0.15, 0.2) is 60.7 Å². The van der Waals surface area contributed by atoms with E-state index in [1.807, 2.05) is 42.5 Å². The van der Waals surface area contributed by atoms with Gasteiger partial charge in [0, 0.05) is 11.6 Å². The number of para-hydroxylation sites is 2. The normalized spacial score (nSPS) is 10.1. The first kappa shape index (κ1) is 19.9. The molecule has 1 aromatic heterocycles. The zero-order valence-electron chi connectivity index (χ0n) is 16.2. The van der Waals surface area contributed by atoms with Gasteiger partial charge in [0.25, 0.3) is 0 Å². The predicted octanol–water partition coefficient (Wildman–Crippen LogP) is 3.36. The second-order valence-corrected chi connectivity index (χ2v) is 5.91. The molecule has 150 valence electrons. The minimum atomic E-state index is -0.348. The summed E-state index contributed by atoms with van der Waals surface area (Å²) >= 11 is 0. The number of benzene rings is 2. The number of anilines is 1. The maximum absolute atomic E-state index is 12.0. The van der Waals surface area contributed by atoms with Crippen molar-refractivity contribution in [3.05, 3.63) is 60.7 Å². The number of ether oxygens (including phenoxy) is 3. The van der Waals surface area contributed by atoms with Gasteiger partial charge in [-0.2, -0.15) is 0 Å². The Morgan fingerprint density at radius 1 is 0.931 bits per heavy atom. The average Bonchev–Trinajstić information content (AvgIpc) is 2.77. The summed E-state index contributed by atoms with van der Waals surface area (Å²) in [5.41, 5.74) is 2.25. The molecular weight excluding hydrogens is 372 g/mol. The number of urea groups is 1. The van der Waals surface area contributed by atoms with Crippen molar-refractivity contribution in [3.63, 3.8) is 0 Å². The number of nitrogens with zero attached hydrogens (tertiary/aromatic N) is 2. The maximum atomic E-state index is 12.0. The molecule has 0 aliphatic heterocycles. The molecule has 1 heterocycles. The molecule has 0 spiro atoms. The van der Waals surface area contributed by atoms with Crippen LogP contribution in [-0.2, 0) is 0 Å². The topological polar surface area (TPSA) is 94.6 Å². The van der Waals surface area contributed by atoms with Crippen LogP contribution in [0.5, 0.6) is 17.4 Å². The molecule has 2 aromatic carbocycles. The number of amides is 2. The van der Waals surface area contributed by atoms with E-state index in [-0.39, 0.29) is 12.6 Å². The van der Waals surface area contributed by atoms with Crippen LogP contribution in [0.1, 0.15) is 0 Å². The van der Waals surface area contributed by atoms with Gasteiger partial charge in [0.05, 0.1) is 32.1 Å². The zero-order chi connectivity index (χ0) is 20.5. The van der Waals surface area contributed by atoms with Crippen LogP contribution >= 0.6 is 0 Å². The molecule has 3 aromatic rings. The number of hydrogen-bond donors (Lipinski definition) is 2. The van der Waals surface area contributed by atoms with Crippen LogP contribution in [0, 0.1) is 0 Å². The van der Waals surface area contributed by atoms with Crippen molar-refractivity contribution in [2.45, 2.75) is 0 Å². The van der Waals surface area contributed by atoms with E-state index < -0.39 is 0 Å². The van der Waals surface area contributed by atoms with Crippen molar-refractivity contribution in [1.29, 1.82) is 0 Å². The molecule has 2 amide bonds. The monoisotopic (exact) mass is 394 g/mol. The highest BCUT2D eigenvalue weighted by atomic mass is 16.5. The van der Waals surface area contributed by atoms with Crippen LogP contribution in [0.3, 0.4) is 0 Å². The summed E-state index contributed by atoms with van der Waals surface area (Å²) in [5.74, 6) is 1.75. The van der Waals surface area contributed by atoms with Crippen molar-refractivity contribution in [3.8, 4) is 28.6 Å². The summed E-state index contributed by atoms with van der Waals surface area (Å²) < 4.78 is 15.9. The number of carbonyl (C=O) groups is 1. The minimum Gasteiger partial charge on any atom is -0.497 e. The Hall–Kier alpha value is -3.81. The van der Waals surface area contributed by atoms with Crippen LogP contribution in [0.4, 0.5) is 10.5 Å². The number of hydrogen-bond acceptors (Lipinski definition) is 6. The summed E-state index contributed by atoms with van der Waals surface area (Å²) in [6.45, 7) is 0.568. The van der Waals surface area contributed by atoms with Crippen molar-refractivity contribution in [2.75, 3.05) is 32.7 Å². The number of methoxy groups -OCH3 is 2. The van der Waals surface area contributed by atoms with E-state index in [1.54, 1.807) is 32.4 Å². The van der Waals surface area contributed by atoms with Gasteiger partial charge in [-0.05, 0) is 42.5 Å². The Morgan fingerprint density at radius 2 is 1.72 bits per heavy atom. The van der Waals surface area contributed by atoms with Crippen molar-refractivity contribution in [2.24, 2.45) is 0 Å². The third kappa shape index (κ3) is 5.58. The van der Waals surface area contributed by atoms with Crippen molar-refractivity contribution >= 4 is 11.7 Å². The lowest BCUT2D eigenvalue weighted by Gasteiger charge is -2.11. The summed E-state index contributed by atoms with van der Waals surface area (Å²) in [5, 5.41) is 13.7. The van der Waals surface area contributed by atoms with Gasteiger partial charge in [-0.25, -0.2) is 4.79 Å². The van der Waals surface area contributed by atoms with Crippen molar-refractivity contribution in [1.82, 2.24) is 15.5 Å². The first-order valence-electron chi connectivity index (χ1n) is 8.98. The van der Waals surface area contributed by atoms with E-state index in [4.69, 9.17) is 14.2 Å². The number of nitrogens with one attached hydrogen (secondary N) is 2. The SMILES string of the molecule is COc1ccc(-c2ccc(OCCNC(=O)Nc3ccccc3OC)nn2)cc1. The minimum absolute atomic E-state index is 0.260. The molecule has 0 aliphatic carbocycles. The van der Waals surface area contributed by atoms with Gasteiger partial charge in [-0.3, -0.25) is 0 Å². The third-order valence-corrected chi connectivity index (χ3v) is 4.02.